The molecular formula is C60H96N4O20S14. The summed E-state index contributed by atoms with van der Waals surface area (Å²) in [6.07, 6.45) is 30.3. The standard InChI is InChI=1S/C10H13NO2S2.C10H12O3S2.2C7H6S.C5H11NO2S2.C5H10O3S2.2C2H4S.2C2H6S.2CH5N.4CO2.2CH4O/c1-11-10(12)13-7-8-3-5-9(6-4-8)15-14-2;1-12-10(11)13-7-8-3-5-9(6-4-8)15-14-2;2*1-6-2-4-7(8)5-3-6;1-6-5(7)8-3-4-10-9-2;1-7-5(6)8-3-4-10-9-2;2*1-2-3-1;2*1-3-2;2*1-2;4*2-1-3;2*1-2/h3-6H,7H2,1-2H3,(H,11,12);3-6H,7H2,1-2H3;2*2-5H,1H2;3-4H2,1-2H3,(H,6,7);3-4H2,1-2H3;2*1-2H2;2*1-2H3;2*2H2,1H3;;;;;2*2H,1H3. The van der Waals surface area contributed by atoms with E-state index in [-0.39, 0.29) is 37.3 Å². The lowest BCUT2D eigenvalue weighted by molar-refractivity contribution is -0.193. The van der Waals surface area contributed by atoms with Crippen LogP contribution in [0, 0.1) is 0 Å². The molecule has 38 heteroatoms. The number of ether oxygens (including phenoxy) is 6. The van der Waals surface area contributed by atoms with Gasteiger partial charge < -0.3 is 60.7 Å². The predicted molar refractivity (Wildman–Crippen MR) is 429 cm³/mol. The van der Waals surface area contributed by atoms with E-state index in [0.29, 0.717) is 19.8 Å². The van der Waals surface area contributed by atoms with Crippen molar-refractivity contribution >= 4 is 217 Å². The van der Waals surface area contributed by atoms with E-state index in [1.165, 1.54) is 61.1 Å². The lowest BCUT2D eigenvalue weighted by Crippen LogP contribution is -2.20. The molecule has 2 heterocycles. The molecule has 0 saturated carbocycles. The third-order valence-electron chi connectivity index (χ3n) is 6.95. The average Bonchev–Trinajstić information content (AvgIpc) is 1.04. The summed E-state index contributed by atoms with van der Waals surface area (Å²) in [7, 11) is 24.1. The second-order valence-corrected chi connectivity index (χ2v) is 29.0. The molecular weight excluding hydrogens is 1550 g/mol. The Morgan fingerprint density at radius 2 is 0.714 bits per heavy atom. The third-order valence-corrected chi connectivity index (χ3v) is 15.3. The average molecular weight is 1640 g/mol. The predicted octanol–water partition coefficient (Wildman–Crippen LogP) is 12.9. The highest BCUT2D eigenvalue weighted by molar-refractivity contribution is 8.77. The topological polar surface area (TPSA) is 377 Å². The van der Waals surface area contributed by atoms with Crippen LogP contribution in [-0.4, -0.2) is 223 Å². The summed E-state index contributed by atoms with van der Waals surface area (Å²) in [4.78, 5) is 111. The first kappa shape index (κ1) is 121. The Kier molecular flexibility index (Phi) is 144. The van der Waals surface area contributed by atoms with Crippen LogP contribution in [0.1, 0.15) is 11.1 Å². The molecule has 560 valence electrons. The van der Waals surface area contributed by atoms with E-state index in [4.69, 9.17) is 87.2 Å². The van der Waals surface area contributed by atoms with Crippen LogP contribution < -0.4 is 22.1 Å². The Bertz CT molecular complexity index is 2160. The molecule has 0 bridgehead atoms. The molecule has 2 saturated heterocycles. The third kappa shape index (κ3) is 139. The minimum atomic E-state index is -0.655. The van der Waals surface area contributed by atoms with Crippen molar-refractivity contribution in [3.8, 4) is 0 Å². The molecule has 6 rings (SSSR count). The van der Waals surface area contributed by atoms with Crippen molar-refractivity contribution in [1.29, 1.82) is 0 Å². The van der Waals surface area contributed by atoms with Gasteiger partial charge >= 0.3 is 49.1 Å². The van der Waals surface area contributed by atoms with Crippen molar-refractivity contribution in [1.82, 2.24) is 10.6 Å². The first-order chi connectivity index (χ1) is 47.2. The van der Waals surface area contributed by atoms with Gasteiger partial charge in [-0.2, -0.15) is 85.4 Å². The molecule has 4 aliphatic rings. The number of allylic oxidation sites excluding steroid dienone is 10. The number of benzene rings is 2. The lowest BCUT2D eigenvalue weighted by Gasteiger charge is -2.04. The van der Waals surface area contributed by atoms with Gasteiger partial charge in [0.15, 0.2) is 0 Å². The quantitative estimate of drug-likeness (QED) is 0.0227. The van der Waals surface area contributed by atoms with E-state index in [0.717, 1.165) is 57.7 Å². The van der Waals surface area contributed by atoms with Crippen molar-refractivity contribution < 1.29 is 96.2 Å². The van der Waals surface area contributed by atoms with Crippen molar-refractivity contribution in [2.75, 3.05) is 154 Å². The minimum Gasteiger partial charge on any atom is -0.449 e. The molecule has 0 radical (unpaired) electrons. The number of nitrogens with two attached hydrogens (primary N) is 2. The lowest BCUT2D eigenvalue weighted by atomic mass is 10.1. The summed E-state index contributed by atoms with van der Waals surface area (Å²) in [6, 6.07) is 15.8. The molecule has 2 amide bonds. The van der Waals surface area contributed by atoms with Crippen LogP contribution in [-0.2, 0) is 80.0 Å². The van der Waals surface area contributed by atoms with E-state index in [2.05, 4.69) is 49.5 Å². The molecule has 0 aromatic heterocycles. The van der Waals surface area contributed by atoms with E-state index in [9.17, 15) is 19.2 Å². The summed E-state index contributed by atoms with van der Waals surface area (Å²) in [6.45, 7) is 8.88. The summed E-state index contributed by atoms with van der Waals surface area (Å²) in [5.74, 6) is 7.31. The number of carbonyl (C=O) groups excluding carboxylic acids is 12. The zero-order chi connectivity index (χ0) is 78.3. The molecule has 0 atom stereocenters. The van der Waals surface area contributed by atoms with E-state index in [1.54, 1.807) is 124 Å². The molecule has 0 unspecified atom stereocenters. The normalized spacial score (nSPS) is 10.1. The summed E-state index contributed by atoms with van der Waals surface area (Å²) >= 11 is 17.2. The number of alkyl carbamates (subject to hydrolysis) is 2. The molecule has 2 aromatic rings. The Labute approximate surface area is 639 Å². The van der Waals surface area contributed by atoms with Gasteiger partial charge in [0.25, 0.3) is 0 Å². The van der Waals surface area contributed by atoms with Gasteiger partial charge in [0, 0.05) is 82.4 Å². The maximum atomic E-state index is 10.8. The van der Waals surface area contributed by atoms with Gasteiger partial charge in [-0.25, -0.2) is 19.2 Å². The smallest absolute Gasteiger partial charge is 0.449 e. The summed E-state index contributed by atoms with van der Waals surface area (Å²) < 4.78 is 27.6. The van der Waals surface area contributed by atoms with Crippen molar-refractivity contribution in [2.24, 2.45) is 11.5 Å². The minimum absolute atomic E-state index is 0.247. The molecule has 2 aliphatic heterocycles. The van der Waals surface area contributed by atoms with Gasteiger partial charge in [0.1, 0.15) is 26.4 Å². The number of hydrogen-bond acceptors (Lipinski definition) is 36. The molecule has 0 spiro atoms. The Morgan fingerprint density at radius 3 is 0.939 bits per heavy atom. The van der Waals surface area contributed by atoms with E-state index < -0.39 is 18.4 Å². The number of thiocarbonyl (C=S) groups is 2. The fourth-order valence-corrected chi connectivity index (χ4v) is 8.52. The number of carbonyl (C=O) groups is 4. The molecule has 98 heavy (non-hydrogen) atoms. The Balaban J connectivity index is -0.0000000838. The van der Waals surface area contributed by atoms with Crippen LogP contribution in [0.3, 0.4) is 0 Å². The molecule has 24 nitrogen and oxygen atoms in total. The highest BCUT2D eigenvalue weighted by atomic mass is 33.1. The number of rotatable bonds is 16. The maximum Gasteiger partial charge on any atom is 0.508 e. The number of methoxy groups -OCH3 is 2. The largest absolute Gasteiger partial charge is 0.508 e. The van der Waals surface area contributed by atoms with Gasteiger partial charge in [-0.1, -0.05) is 173 Å². The van der Waals surface area contributed by atoms with Gasteiger partial charge in [0.05, 0.1) is 14.2 Å². The number of nitrogens with one attached hydrogen (secondary N) is 2. The number of aliphatic hydroxyl groups excluding tert-OH is 2. The van der Waals surface area contributed by atoms with Gasteiger partial charge in [-0.15, -0.1) is 0 Å². The summed E-state index contributed by atoms with van der Waals surface area (Å²) in [5.41, 5.74) is 13.0. The number of thioether (sulfide) groups is 4. The first-order valence-electron chi connectivity index (χ1n) is 26.4. The van der Waals surface area contributed by atoms with Crippen LogP contribution in [0.25, 0.3) is 0 Å². The fourth-order valence-electron chi connectivity index (χ4n) is 3.50. The molecule has 8 N–H and O–H groups in total. The van der Waals surface area contributed by atoms with Crippen molar-refractivity contribution in [3.05, 3.63) is 133 Å². The van der Waals surface area contributed by atoms with Crippen LogP contribution in [0.2, 0.25) is 0 Å². The van der Waals surface area contributed by atoms with E-state index >= 15 is 0 Å². The number of hydrogen-bond donors (Lipinski definition) is 6. The molecule has 2 aliphatic carbocycles. The van der Waals surface area contributed by atoms with Crippen LogP contribution in [0.4, 0.5) is 19.2 Å². The van der Waals surface area contributed by atoms with Gasteiger partial charge in [-0.3, -0.25) is 0 Å². The van der Waals surface area contributed by atoms with Crippen LogP contribution in [0.15, 0.2) is 131 Å². The SMILES string of the molecule is C1CS1.C1CS1.C=C1C=CC(=S)C=C1.C=C1C=CC(=S)C=C1.CN.CN.CNC(=O)OCCSSC.CNC(=O)OCc1ccc(SSC)cc1.CO.CO.COC(=O)OCCSSC.COC(=O)OCc1ccc(SSC)cc1.CSC.CSC.O=C=O.O=C=O.O=C=O.O=C=O. The highest BCUT2D eigenvalue weighted by Gasteiger charge is 2.03. The monoisotopic (exact) mass is 1640 g/mol. The van der Waals surface area contributed by atoms with Crippen LogP contribution >= 0.6 is 158 Å². The number of aliphatic hydroxyl groups is 2. The zero-order valence-electron chi connectivity index (χ0n) is 57.8. The highest BCUT2D eigenvalue weighted by Crippen LogP contribution is 2.29. The van der Waals surface area contributed by atoms with Crippen molar-refractivity contribution in [2.45, 2.75) is 23.0 Å². The Hall–Kier alpha value is -4.30. The van der Waals surface area contributed by atoms with Crippen molar-refractivity contribution in [3.63, 3.8) is 0 Å². The first-order valence-corrected chi connectivity index (χ1v) is 43.3. The van der Waals surface area contributed by atoms with E-state index in [1.807, 2.05) is 171 Å². The second-order valence-electron chi connectivity index (χ2n) is 13.7. The second kappa shape index (κ2) is 117. The number of amides is 2. The fraction of sp³-hybridized carbons (Fsp3) is 0.433. The Morgan fingerprint density at radius 1 is 0.469 bits per heavy atom. The maximum absolute atomic E-state index is 10.8. The van der Waals surface area contributed by atoms with Gasteiger partial charge in [0.2, 0.25) is 0 Å². The molecule has 2 aromatic carbocycles. The van der Waals surface area contributed by atoms with Gasteiger partial charge in [-0.05, 0) is 135 Å². The summed E-state index contributed by atoms with van der Waals surface area (Å²) in [5, 5.41) is 18.8. The molecule has 2 fully saturated rings. The zero-order valence-corrected chi connectivity index (χ0v) is 69.3. The van der Waals surface area contributed by atoms with Crippen LogP contribution in [0.5, 0.6) is 0 Å².